The van der Waals surface area contributed by atoms with Gasteiger partial charge in [-0.25, -0.2) is 9.37 Å². The second-order valence-corrected chi connectivity index (χ2v) is 8.66. The van der Waals surface area contributed by atoms with Crippen LogP contribution in [-0.2, 0) is 6.42 Å². The number of halogens is 1. The molecule has 0 fully saturated rings. The maximum Gasteiger partial charge on any atom is 0.257 e. The van der Waals surface area contributed by atoms with Gasteiger partial charge in [-0.2, -0.15) is 0 Å². The number of carbonyl (C=O) groups is 1. The number of H-pyrrole nitrogens is 1. The van der Waals surface area contributed by atoms with E-state index >= 15 is 0 Å². The lowest BCUT2D eigenvalue weighted by molar-refractivity contribution is 0.0975. The van der Waals surface area contributed by atoms with Gasteiger partial charge in [0.1, 0.15) is 5.82 Å². The SMILES string of the molecule is O=C(NC(=NCCCc1cnc[nH]1)NCCCC(c1ccc(F)cc1)c1ccccn1)c1ccccc1. The van der Waals surface area contributed by atoms with Crippen molar-refractivity contribution in [3.8, 4) is 0 Å². The summed E-state index contributed by atoms with van der Waals surface area (Å²) in [6.07, 6.45) is 8.49. The second-order valence-electron chi connectivity index (χ2n) is 8.66. The number of amides is 1. The third kappa shape index (κ3) is 8.10. The van der Waals surface area contributed by atoms with Crippen molar-refractivity contribution in [2.45, 2.75) is 31.6 Å². The Morgan fingerprint density at radius 1 is 1.00 bits per heavy atom. The molecule has 1 amide bonds. The molecule has 1 unspecified atom stereocenters. The first-order valence-corrected chi connectivity index (χ1v) is 12.5. The molecule has 4 rings (SSSR count). The summed E-state index contributed by atoms with van der Waals surface area (Å²) in [5.41, 5.74) is 3.59. The Morgan fingerprint density at radius 3 is 2.54 bits per heavy atom. The van der Waals surface area contributed by atoms with E-state index in [1.807, 2.05) is 48.5 Å². The highest BCUT2D eigenvalue weighted by Gasteiger charge is 2.16. The minimum atomic E-state index is -0.257. The zero-order valence-electron chi connectivity index (χ0n) is 20.6. The number of rotatable bonds is 11. The van der Waals surface area contributed by atoms with Crippen molar-refractivity contribution in [3.05, 3.63) is 120 Å². The molecule has 37 heavy (non-hydrogen) atoms. The third-order valence-corrected chi connectivity index (χ3v) is 5.98. The summed E-state index contributed by atoms with van der Waals surface area (Å²) in [4.78, 5) is 29.0. The first-order chi connectivity index (χ1) is 18.2. The van der Waals surface area contributed by atoms with E-state index in [1.165, 1.54) is 12.1 Å². The average molecular weight is 499 g/mol. The van der Waals surface area contributed by atoms with Crippen molar-refractivity contribution in [3.63, 3.8) is 0 Å². The molecule has 8 heteroatoms. The maximum absolute atomic E-state index is 13.5. The molecule has 4 aromatic rings. The third-order valence-electron chi connectivity index (χ3n) is 5.98. The number of pyridine rings is 1. The van der Waals surface area contributed by atoms with Crippen molar-refractivity contribution in [2.75, 3.05) is 13.1 Å². The van der Waals surface area contributed by atoms with Gasteiger partial charge in [0.25, 0.3) is 5.91 Å². The van der Waals surface area contributed by atoms with Crippen LogP contribution in [0.1, 0.15) is 52.5 Å². The Morgan fingerprint density at radius 2 is 1.81 bits per heavy atom. The largest absolute Gasteiger partial charge is 0.356 e. The molecule has 2 aromatic heterocycles. The van der Waals surface area contributed by atoms with E-state index in [0.29, 0.717) is 24.6 Å². The van der Waals surface area contributed by atoms with Gasteiger partial charge < -0.3 is 10.3 Å². The van der Waals surface area contributed by atoms with Crippen LogP contribution in [0.25, 0.3) is 0 Å². The molecule has 3 N–H and O–H groups in total. The van der Waals surface area contributed by atoms with Crippen LogP contribution in [0.5, 0.6) is 0 Å². The summed E-state index contributed by atoms with van der Waals surface area (Å²) in [7, 11) is 0. The van der Waals surface area contributed by atoms with Crippen molar-refractivity contribution < 1.29 is 9.18 Å². The Labute approximate surface area is 216 Å². The average Bonchev–Trinajstić information content (AvgIpc) is 3.46. The number of aliphatic imine (C=N–C) groups is 1. The molecule has 0 aliphatic heterocycles. The summed E-state index contributed by atoms with van der Waals surface area (Å²) in [6, 6.07) is 21.5. The van der Waals surface area contributed by atoms with Gasteiger partial charge >= 0.3 is 0 Å². The summed E-state index contributed by atoms with van der Waals surface area (Å²) in [5, 5.41) is 6.21. The van der Waals surface area contributed by atoms with Crippen molar-refractivity contribution in [1.29, 1.82) is 0 Å². The zero-order valence-corrected chi connectivity index (χ0v) is 20.6. The Bertz CT molecular complexity index is 1240. The normalized spacial score (nSPS) is 12.2. The van der Waals surface area contributed by atoms with Gasteiger partial charge in [-0.15, -0.1) is 0 Å². The van der Waals surface area contributed by atoms with Gasteiger partial charge in [0, 0.05) is 48.4 Å². The molecule has 0 radical (unpaired) electrons. The Kier molecular flexibility index (Phi) is 9.52. The fourth-order valence-electron chi connectivity index (χ4n) is 4.07. The van der Waals surface area contributed by atoms with Gasteiger partial charge in [-0.1, -0.05) is 36.4 Å². The number of aromatic amines is 1. The van der Waals surface area contributed by atoms with Crippen LogP contribution in [0, 0.1) is 5.82 Å². The van der Waals surface area contributed by atoms with Crippen LogP contribution in [-0.4, -0.2) is 39.9 Å². The lowest BCUT2D eigenvalue weighted by atomic mass is 9.90. The minimum Gasteiger partial charge on any atom is -0.356 e. The van der Waals surface area contributed by atoms with E-state index in [0.717, 1.165) is 42.6 Å². The smallest absolute Gasteiger partial charge is 0.257 e. The standard InChI is InChI=1S/C29H31FN6O/c30-24-15-13-22(14-16-24)26(27-12-4-5-17-32-27)11-7-19-34-29(33-18-6-10-25-20-31-21-35-25)36-28(37)23-8-2-1-3-9-23/h1-5,8-9,12-17,20-21,26H,6-7,10-11,18-19H2,(H,31,35)(H2,33,34,36,37). The molecule has 7 nitrogen and oxygen atoms in total. The number of carbonyl (C=O) groups excluding carboxylic acids is 1. The van der Waals surface area contributed by atoms with Crippen LogP contribution >= 0.6 is 0 Å². The first-order valence-electron chi connectivity index (χ1n) is 12.5. The molecule has 2 heterocycles. The molecule has 0 aliphatic carbocycles. The van der Waals surface area contributed by atoms with E-state index in [9.17, 15) is 9.18 Å². The van der Waals surface area contributed by atoms with Crippen LogP contribution in [0.4, 0.5) is 4.39 Å². The van der Waals surface area contributed by atoms with Gasteiger partial charge in [0.15, 0.2) is 5.96 Å². The quantitative estimate of drug-likeness (QED) is 0.156. The molecule has 190 valence electrons. The monoisotopic (exact) mass is 498 g/mol. The summed E-state index contributed by atoms with van der Waals surface area (Å²) < 4.78 is 13.5. The van der Waals surface area contributed by atoms with Crippen LogP contribution in [0.15, 0.2) is 96.5 Å². The summed E-state index contributed by atoms with van der Waals surface area (Å²) >= 11 is 0. The van der Waals surface area contributed by atoms with E-state index in [-0.39, 0.29) is 17.6 Å². The van der Waals surface area contributed by atoms with Crippen molar-refractivity contribution >= 4 is 11.9 Å². The van der Waals surface area contributed by atoms with Gasteiger partial charge in [-0.3, -0.25) is 20.1 Å². The molecule has 0 aliphatic rings. The number of guanidine groups is 1. The number of hydrogen-bond acceptors (Lipinski definition) is 4. The number of nitrogens with zero attached hydrogens (tertiary/aromatic N) is 3. The fourth-order valence-corrected chi connectivity index (χ4v) is 4.07. The lowest BCUT2D eigenvalue weighted by Gasteiger charge is -2.18. The predicted molar refractivity (Wildman–Crippen MR) is 143 cm³/mol. The predicted octanol–water partition coefficient (Wildman–Crippen LogP) is 4.86. The Balaban J connectivity index is 1.37. The van der Waals surface area contributed by atoms with Crippen molar-refractivity contribution in [2.24, 2.45) is 4.99 Å². The molecular formula is C29H31FN6O. The molecule has 1 atom stereocenters. The highest BCUT2D eigenvalue weighted by molar-refractivity contribution is 6.05. The van der Waals surface area contributed by atoms with Gasteiger partial charge in [0.2, 0.25) is 0 Å². The number of hydrogen-bond donors (Lipinski definition) is 3. The second kappa shape index (κ2) is 13.7. The van der Waals surface area contributed by atoms with Gasteiger partial charge in [0.05, 0.1) is 6.33 Å². The molecule has 2 aromatic carbocycles. The molecular weight excluding hydrogens is 467 g/mol. The number of aromatic nitrogens is 3. The Hall–Kier alpha value is -4.33. The van der Waals surface area contributed by atoms with Crippen LogP contribution < -0.4 is 10.6 Å². The van der Waals surface area contributed by atoms with Gasteiger partial charge in [-0.05, 0) is 67.6 Å². The van der Waals surface area contributed by atoms with E-state index in [4.69, 9.17) is 0 Å². The number of imidazole rings is 1. The van der Waals surface area contributed by atoms with E-state index in [2.05, 4.69) is 30.6 Å². The van der Waals surface area contributed by atoms with Crippen LogP contribution in [0.3, 0.4) is 0 Å². The lowest BCUT2D eigenvalue weighted by Crippen LogP contribution is -2.41. The number of benzene rings is 2. The summed E-state index contributed by atoms with van der Waals surface area (Å²) in [6.45, 7) is 1.17. The molecule has 0 spiro atoms. The summed E-state index contributed by atoms with van der Waals surface area (Å²) in [5.74, 6) is 0.0257. The number of aryl methyl sites for hydroxylation is 1. The van der Waals surface area contributed by atoms with E-state index < -0.39 is 0 Å². The molecule has 0 bridgehead atoms. The van der Waals surface area contributed by atoms with Crippen molar-refractivity contribution in [1.82, 2.24) is 25.6 Å². The zero-order chi connectivity index (χ0) is 25.7. The molecule has 0 saturated carbocycles. The minimum absolute atomic E-state index is 0.0392. The molecule has 0 saturated heterocycles. The highest BCUT2D eigenvalue weighted by atomic mass is 19.1. The topological polar surface area (TPSA) is 95.1 Å². The van der Waals surface area contributed by atoms with Crippen LogP contribution in [0.2, 0.25) is 0 Å². The maximum atomic E-state index is 13.5. The fraction of sp³-hybridized carbons (Fsp3) is 0.241. The van der Waals surface area contributed by atoms with E-state index in [1.54, 1.807) is 30.9 Å². The highest BCUT2D eigenvalue weighted by Crippen LogP contribution is 2.27. The first kappa shape index (κ1) is 25.8. The number of nitrogens with one attached hydrogen (secondary N) is 3.